The molecule has 0 N–H and O–H groups in total. The molecule has 0 aromatic heterocycles. The highest BCUT2D eigenvalue weighted by atomic mass is 35.5. The lowest BCUT2D eigenvalue weighted by Gasteiger charge is -2.50. The molecule has 4 aliphatic rings. The lowest BCUT2D eigenvalue weighted by Crippen LogP contribution is -2.42. The van der Waals surface area contributed by atoms with E-state index in [4.69, 9.17) is 11.6 Å². The van der Waals surface area contributed by atoms with Crippen molar-refractivity contribution in [3.8, 4) is 0 Å². The number of alkyl halides is 1. The number of hydrogen-bond donors (Lipinski definition) is 0. The third-order valence-corrected chi connectivity index (χ3v) is 8.71. The fraction of sp³-hybridized carbons (Fsp3) is 0.909. The van der Waals surface area contributed by atoms with Crippen molar-refractivity contribution < 1.29 is 0 Å². The maximum Gasteiger partial charge on any atom is 0.0338 e. The Labute approximate surface area is 148 Å². The van der Waals surface area contributed by atoms with Crippen molar-refractivity contribution in [2.75, 3.05) is 0 Å². The van der Waals surface area contributed by atoms with Gasteiger partial charge in [0.1, 0.15) is 0 Å². The van der Waals surface area contributed by atoms with E-state index in [2.05, 4.69) is 26.8 Å². The summed E-state index contributed by atoms with van der Waals surface area (Å²) in [4.78, 5) is 0. The number of rotatable bonds is 2. The number of allylic oxidation sites excluding steroid dienone is 2. The van der Waals surface area contributed by atoms with E-state index in [9.17, 15) is 0 Å². The highest BCUT2D eigenvalue weighted by Crippen LogP contribution is 2.59. The van der Waals surface area contributed by atoms with Crippen LogP contribution in [0.2, 0.25) is 0 Å². The predicted molar refractivity (Wildman–Crippen MR) is 99.6 cm³/mol. The van der Waals surface area contributed by atoms with E-state index in [-0.39, 0.29) is 0 Å². The van der Waals surface area contributed by atoms with Crippen LogP contribution in [0.3, 0.4) is 0 Å². The molecule has 23 heavy (non-hydrogen) atoms. The van der Waals surface area contributed by atoms with Gasteiger partial charge in [-0.25, -0.2) is 0 Å². The zero-order chi connectivity index (χ0) is 16.1. The molecule has 130 valence electrons. The Morgan fingerprint density at radius 1 is 0.870 bits per heavy atom. The first kappa shape index (κ1) is 16.5. The molecule has 0 heterocycles. The molecule has 4 aliphatic carbocycles. The molecule has 0 aromatic rings. The first-order chi connectivity index (χ1) is 11.1. The van der Waals surface area contributed by atoms with Crippen molar-refractivity contribution in [2.24, 2.45) is 47.3 Å². The average Bonchev–Trinajstić information content (AvgIpc) is 2.98. The van der Waals surface area contributed by atoms with Gasteiger partial charge in [0, 0.05) is 5.38 Å². The van der Waals surface area contributed by atoms with Crippen molar-refractivity contribution in [2.45, 2.75) is 77.5 Å². The van der Waals surface area contributed by atoms with Gasteiger partial charge in [-0.2, -0.15) is 0 Å². The minimum atomic E-state index is 0.387. The highest BCUT2D eigenvalue weighted by Gasteiger charge is 2.50. The zero-order valence-electron chi connectivity index (χ0n) is 15.3. The lowest BCUT2D eigenvalue weighted by atomic mass is 9.55. The van der Waals surface area contributed by atoms with Crippen LogP contribution in [-0.4, -0.2) is 5.38 Å². The smallest absolute Gasteiger partial charge is 0.0338 e. The molecule has 3 fully saturated rings. The molecule has 0 saturated heterocycles. The fourth-order valence-electron chi connectivity index (χ4n) is 7.14. The Hall–Kier alpha value is 0.0300. The molecule has 0 amide bonds. The molecular formula is C22H35Cl. The van der Waals surface area contributed by atoms with Gasteiger partial charge in [-0.15, -0.1) is 11.6 Å². The Morgan fingerprint density at radius 3 is 2.35 bits per heavy atom. The largest absolute Gasteiger partial charge is 0.123 e. The molecule has 8 atom stereocenters. The minimum absolute atomic E-state index is 0.387. The van der Waals surface area contributed by atoms with Crippen LogP contribution >= 0.6 is 11.6 Å². The highest BCUT2D eigenvalue weighted by molar-refractivity contribution is 6.20. The second-order valence-electron chi connectivity index (χ2n) is 9.56. The summed E-state index contributed by atoms with van der Waals surface area (Å²) in [5, 5.41) is 0.387. The van der Waals surface area contributed by atoms with Crippen LogP contribution in [0.4, 0.5) is 0 Å². The molecule has 1 heteroatoms. The fourth-order valence-corrected chi connectivity index (χ4v) is 7.45. The predicted octanol–water partition coefficient (Wildman–Crippen LogP) is 6.68. The summed E-state index contributed by atoms with van der Waals surface area (Å²) in [6.45, 7) is 7.09. The van der Waals surface area contributed by atoms with Crippen molar-refractivity contribution >= 4 is 11.6 Å². The summed E-state index contributed by atoms with van der Waals surface area (Å²) in [7, 11) is 0. The Balaban J connectivity index is 1.51. The second kappa shape index (κ2) is 6.40. The average molecular weight is 335 g/mol. The summed E-state index contributed by atoms with van der Waals surface area (Å²) in [6.07, 6.45) is 14.3. The Kier molecular flexibility index (Phi) is 4.59. The van der Waals surface area contributed by atoms with Gasteiger partial charge in [0.15, 0.2) is 0 Å². The van der Waals surface area contributed by atoms with Crippen LogP contribution < -0.4 is 0 Å². The Bertz CT molecular complexity index is 463. The van der Waals surface area contributed by atoms with Gasteiger partial charge in [-0.1, -0.05) is 25.5 Å². The molecule has 3 saturated carbocycles. The van der Waals surface area contributed by atoms with E-state index in [1.165, 1.54) is 51.4 Å². The quantitative estimate of drug-likeness (QED) is 0.390. The summed E-state index contributed by atoms with van der Waals surface area (Å²) in [6, 6.07) is 0. The van der Waals surface area contributed by atoms with Crippen LogP contribution in [0.15, 0.2) is 11.6 Å². The van der Waals surface area contributed by atoms with Crippen LogP contribution in [0.5, 0.6) is 0 Å². The van der Waals surface area contributed by atoms with Crippen molar-refractivity contribution in [3.63, 3.8) is 0 Å². The van der Waals surface area contributed by atoms with Crippen molar-refractivity contribution in [1.29, 1.82) is 0 Å². The van der Waals surface area contributed by atoms with E-state index >= 15 is 0 Å². The second-order valence-corrected chi connectivity index (χ2v) is 10.2. The number of hydrogen-bond acceptors (Lipinski definition) is 0. The molecular weight excluding hydrogens is 300 g/mol. The van der Waals surface area contributed by atoms with Crippen LogP contribution in [0, 0.1) is 47.3 Å². The van der Waals surface area contributed by atoms with E-state index in [1.807, 2.05) is 5.57 Å². The van der Waals surface area contributed by atoms with Gasteiger partial charge in [0.25, 0.3) is 0 Å². The molecule has 8 unspecified atom stereocenters. The first-order valence-corrected chi connectivity index (χ1v) is 10.8. The molecule has 0 bridgehead atoms. The van der Waals surface area contributed by atoms with E-state index in [1.54, 1.807) is 0 Å². The topological polar surface area (TPSA) is 0 Å². The Morgan fingerprint density at radius 2 is 1.61 bits per heavy atom. The minimum Gasteiger partial charge on any atom is -0.123 e. The molecule has 0 aliphatic heterocycles. The maximum absolute atomic E-state index is 6.52. The third kappa shape index (κ3) is 2.82. The van der Waals surface area contributed by atoms with E-state index in [0.29, 0.717) is 5.38 Å². The lowest BCUT2D eigenvalue weighted by molar-refractivity contribution is 0.0445. The third-order valence-electron chi connectivity index (χ3n) is 8.39. The molecule has 0 nitrogen and oxygen atoms in total. The standard InChI is InChI=1S/C22H35Cl/c1-13(2)15-4-6-18-16(12-15)5-7-21-20(18)11-10-19-17(14(3)23)8-9-22(19)21/h5,13-15,17-22H,4,6-12H2,1-3H3. The normalized spacial score (nSPS) is 47.5. The number of fused-ring (bicyclic) bond motifs is 5. The van der Waals surface area contributed by atoms with Crippen molar-refractivity contribution in [3.05, 3.63) is 11.6 Å². The summed E-state index contributed by atoms with van der Waals surface area (Å²) < 4.78 is 0. The summed E-state index contributed by atoms with van der Waals surface area (Å²) in [5.41, 5.74) is 1.87. The number of halogens is 1. The molecule has 4 rings (SSSR count). The monoisotopic (exact) mass is 334 g/mol. The van der Waals surface area contributed by atoms with Gasteiger partial charge < -0.3 is 0 Å². The van der Waals surface area contributed by atoms with Crippen LogP contribution in [-0.2, 0) is 0 Å². The van der Waals surface area contributed by atoms with Crippen LogP contribution in [0.1, 0.15) is 72.1 Å². The summed E-state index contributed by atoms with van der Waals surface area (Å²) >= 11 is 6.52. The maximum atomic E-state index is 6.52. The van der Waals surface area contributed by atoms with E-state index < -0.39 is 0 Å². The van der Waals surface area contributed by atoms with Gasteiger partial charge >= 0.3 is 0 Å². The summed E-state index contributed by atoms with van der Waals surface area (Å²) in [5.74, 6) is 7.56. The first-order valence-electron chi connectivity index (χ1n) is 10.4. The van der Waals surface area contributed by atoms with E-state index in [0.717, 1.165) is 47.3 Å². The van der Waals surface area contributed by atoms with Gasteiger partial charge in [-0.05, 0) is 106 Å². The SMILES string of the molecule is CC(C)C1CCC2C(=CCC3C2CCC2C(C(C)Cl)CCC23)C1. The van der Waals surface area contributed by atoms with Gasteiger partial charge in [-0.3, -0.25) is 0 Å². The van der Waals surface area contributed by atoms with Crippen molar-refractivity contribution in [1.82, 2.24) is 0 Å². The zero-order valence-corrected chi connectivity index (χ0v) is 16.1. The molecule has 0 spiro atoms. The molecule has 0 aromatic carbocycles. The van der Waals surface area contributed by atoms with Gasteiger partial charge in [0.2, 0.25) is 0 Å². The van der Waals surface area contributed by atoms with Gasteiger partial charge in [0.05, 0.1) is 0 Å². The van der Waals surface area contributed by atoms with Crippen LogP contribution in [0.25, 0.3) is 0 Å². The molecule has 0 radical (unpaired) electrons.